The maximum Gasteiger partial charge on any atom is 0.169 e. The molecule has 0 saturated carbocycles. The van der Waals surface area contributed by atoms with Crippen LogP contribution in [0.2, 0.25) is 5.15 Å². The first-order chi connectivity index (χ1) is 10.1. The molecular formula is C16H11ClF2N2. The summed E-state index contributed by atoms with van der Waals surface area (Å²) in [6, 6.07) is 9.52. The molecule has 0 atom stereocenters. The molecule has 3 rings (SSSR count). The molecule has 0 fully saturated rings. The van der Waals surface area contributed by atoms with Gasteiger partial charge in [0.1, 0.15) is 5.15 Å². The fourth-order valence-corrected chi connectivity index (χ4v) is 2.49. The van der Waals surface area contributed by atoms with Crippen molar-refractivity contribution >= 4 is 22.5 Å². The lowest BCUT2D eigenvalue weighted by molar-refractivity contribution is 0.510. The number of benzene rings is 2. The average Bonchev–Trinajstić information content (AvgIpc) is 2.49. The van der Waals surface area contributed by atoms with Crippen LogP contribution in [-0.2, 0) is 6.42 Å². The van der Waals surface area contributed by atoms with Crippen LogP contribution in [0.3, 0.4) is 0 Å². The summed E-state index contributed by atoms with van der Waals surface area (Å²) in [5.74, 6) is -1.82. The molecule has 1 heterocycles. The zero-order valence-electron chi connectivity index (χ0n) is 11.2. The van der Waals surface area contributed by atoms with E-state index in [1.165, 1.54) is 12.1 Å². The summed E-state index contributed by atoms with van der Waals surface area (Å²) in [6.45, 7) is 1.99. The molecule has 1 aromatic heterocycles. The molecule has 3 aromatic rings. The van der Waals surface area contributed by atoms with E-state index in [2.05, 4.69) is 9.97 Å². The zero-order valence-corrected chi connectivity index (χ0v) is 12.0. The van der Waals surface area contributed by atoms with Gasteiger partial charge in [-0.2, -0.15) is 0 Å². The number of hydrogen-bond donors (Lipinski definition) is 0. The molecule has 0 radical (unpaired) electrons. The third kappa shape index (κ3) is 2.36. The largest absolute Gasteiger partial charge is 0.227 e. The van der Waals surface area contributed by atoms with Crippen molar-refractivity contribution in [3.8, 4) is 11.4 Å². The third-order valence-electron chi connectivity index (χ3n) is 3.34. The second kappa shape index (κ2) is 5.37. The van der Waals surface area contributed by atoms with Gasteiger partial charge in [-0.1, -0.05) is 36.7 Å². The van der Waals surface area contributed by atoms with Crippen molar-refractivity contribution in [1.82, 2.24) is 9.97 Å². The Kier molecular flexibility index (Phi) is 3.55. The van der Waals surface area contributed by atoms with Crippen molar-refractivity contribution in [3.05, 3.63) is 58.7 Å². The highest BCUT2D eigenvalue weighted by atomic mass is 35.5. The monoisotopic (exact) mass is 304 g/mol. The van der Waals surface area contributed by atoms with E-state index in [1.807, 2.05) is 25.1 Å². The lowest BCUT2D eigenvalue weighted by Gasteiger charge is -2.08. The molecule has 0 spiro atoms. The molecule has 5 heteroatoms. The smallest absolute Gasteiger partial charge is 0.169 e. The maximum atomic E-state index is 13.9. The van der Waals surface area contributed by atoms with Crippen LogP contribution in [0.15, 0.2) is 36.4 Å². The highest BCUT2D eigenvalue weighted by Crippen LogP contribution is 2.28. The molecular weight excluding hydrogens is 294 g/mol. The van der Waals surface area contributed by atoms with Gasteiger partial charge in [0.15, 0.2) is 17.5 Å². The predicted octanol–water partition coefficient (Wildman–Crippen LogP) is 4.79. The van der Waals surface area contributed by atoms with Gasteiger partial charge >= 0.3 is 0 Å². The first-order valence-electron chi connectivity index (χ1n) is 6.51. The molecule has 0 saturated heterocycles. The van der Waals surface area contributed by atoms with Crippen molar-refractivity contribution in [2.45, 2.75) is 13.3 Å². The SMILES string of the molecule is CCc1cccc2c(Cl)nc(-c3cccc(F)c3F)nc12. The molecule has 0 amide bonds. The van der Waals surface area contributed by atoms with Gasteiger partial charge in [0, 0.05) is 5.39 Å². The Morgan fingerprint density at radius 2 is 1.81 bits per heavy atom. The van der Waals surface area contributed by atoms with Gasteiger partial charge in [0.05, 0.1) is 11.1 Å². The Bertz CT molecular complexity index is 834. The molecule has 0 aliphatic rings. The first-order valence-corrected chi connectivity index (χ1v) is 6.89. The number of rotatable bonds is 2. The second-order valence-electron chi connectivity index (χ2n) is 4.61. The normalized spacial score (nSPS) is 11.0. The Balaban J connectivity index is 2.32. The first kappa shape index (κ1) is 13.9. The predicted molar refractivity (Wildman–Crippen MR) is 79.3 cm³/mol. The fourth-order valence-electron chi connectivity index (χ4n) is 2.26. The third-order valence-corrected chi connectivity index (χ3v) is 3.63. The van der Waals surface area contributed by atoms with Crippen LogP contribution in [-0.4, -0.2) is 9.97 Å². The Morgan fingerprint density at radius 3 is 2.57 bits per heavy atom. The molecule has 0 N–H and O–H groups in total. The summed E-state index contributed by atoms with van der Waals surface area (Å²) in [7, 11) is 0. The average molecular weight is 305 g/mol. The number of aromatic nitrogens is 2. The van der Waals surface area contributed by atoms with Gasteiger partial charge in [-0.3, -0.25) is 0 Å². The molecule has 21 heavy (non-hydrogen) atoms. The quantitative estimate of drug-likeness (QED) is 0.636. The fraction of sp³-hybridized carbons (Fsp3) is 0.125. The van der Waals surface area contributed by atoms with E-state index in [4.69, 9.17) is 11.6 Å². The molecule has 0 bridgehead atoms. The van der Waals surface area contributed by atoms with Crippen LogP contribution in [0, 0.1) is 11.6 Å². The van der Waals surface area contributed by atoms with E-state index < -0.39 is 11.6 Å². The number of halogens is 3. The number of fused-ring (bicyclic) bond motifs is 1. The van der Waals surface area contributed by atoms with E-state index >= 15 is 0 Å². The minimum atomic E-state index is -0.970. The van der Waals surface area contributed by atoms with Gasteiger partial charge < -0.3 is 0 Å². The van der Waals surface area contributed by atoms with Crippen LogP contribution in [0.5, 0.6) is 0 Å². The van der Waals surface area contributed by atoms with Crippen LogP contribution in [0.1, 0.15) is 12.5 Å². The lowest BCUT2D eigenvalue weighted by Crippen LogP contribution is -1.98. The van der Waals surface area contributed by atoms with E-state index in [0.717, 1.165) is 18.1 Å². The summed E-state index contributed by atoms with van der Waals surface area (Å²) < 4.78 is 27.3. The molecule has 2 aromatic carbocycles. The van der Waals surface area contributed by atoms with E-state index in [-0.39, 0.29) is 16.5 Å². The van der Waals surface area contributed by atoms with Gasteiger partial charge in [-0.05, 0) is 30.2 Å². The molecule has 0 aliphatic heterocycles. The van der Waals surface area contributed by atoms with Crippen molar-refractivity contribution in [2.24, 2.45) is 0 Å². The summed E-state index contributed by atoms with van der Waals surface area (Å²) in [6.07, 6.45) is 0.760. The van der Waals surface area contributed by atoms with Crippen molar-refractivity contribution in [1.29, 1.82) is 0 Å². The maximum absolute atomic E-state index is 13.9. The topological polar surface area (TPSA) is 25.8 Å². The molecule has 0 aliphatic carbocycles. The van der Waals surface area contributed by atoms with Gasteiger partial charge in [-0.15, -0.1) is 0 Å². The highest BCUT2D eigenvalue weighted by molar-refractivity contribution is 6.34. The van der Waals surface area contributed by atoms with Gasteiger partial charge in [0.2, 0.25) is 0 Å². The second-order valence-corrected chi connectivity index (χ2v) is 4.96. The van der Waals surface area contributed by atoms with Crippen LogP contribution in [0.25, 0.3) is 22.3 Å². The van der Waals surface area contributed by atoms with Crippen molar-refractivity contribution < 1.29 is 8.78 Å². The van der Waals surface area contributed by atoms with E-state index in [0.29, 0.717) is 10.9 Å². The van der Waals surface area contributed by atoms with Crippen molar-refractivity contribution in [3.63, 3.8) is 0 Å². The molecule has 106 valence electrons. The zero-order chi connectivity index (χ0) is 15.0. The minimum absolute atomic E-state index is 0.00436. The van der Waals surface area contributed by atoms with Gasteiger partial charge in [-0.25, -0.2) is 18.7 Å². The lowest BCUT2D eigenvalue weighted by atomic mass is 10.1. The highest BCUT2D eigenvalue weighted by Gasteiger charge is 2.15. The molecule has 0 unspecified atom stereocenters. The van der Waals surface area contributed by atoms with Gasteiger partial charge in [0.25, 0.3) is 0 Å². The summed E-state index contributed by atoms with van der Waals surface area (Å²) in [5.41, 5.74) is 1.65. The summed E-state index contributed by atoms with van der Waals surface area (Å²) in [5, 5.41) is 0.936. The standard InChI is InChI=1S/C16H11ClF2N2/c1-2-9-5-3-7-11-14(9)20-16(21-15(11)17)10-6-4-8-12(18)13(10)19/h3-8H,2H2,1H3. The number of para-hydroxylation sites is 1. The summed E-state index contributed by atoms with van der Waals surface area (Å²) in [4.78, 5) is 8.47. The minimum Gasteiger partial charge on any atom is -0.227 e. The summed E-state index contributed by atoms with van der Waals surface area (Å²) >= 11 is 6.17. The Hall–Kier alpha value is -2.07. The molecule has 2 nitrogen and oxygen atoms in total. The number of aryl methyl sites for hydroxylation is 1. The Morgan fingerprint density at radius 1 is 1.05 bits per heavy atom. The van der Waals surface area contributed by atoms with Crippen LogP contribution in [0.4, 0.5) is 8.78 Å². The van der Waals surface area contributed by atoms with Crippen LogP contribution < -0.4 is 0 Å². The number of hydrogen-bond acceptors (Lipinski definition) is 2. The van der Waals surface area contributed by atoms with E-state index in [1.54, 1.807) is 0 Å². The van der Waals surface area contributed by atoms with E-state index in [9.17, 15) is 8.78 Å². The van der Waals surface area contributed by atoms with Crippen molar-refractivity contribution in [2.75, 3.05) is 0 Å². The Labute approximate surface area is 125 Å². The number of nitrogens with zero attached hydrogens (tertiary/aromatic N) is 2. The van der Waals surface area contributed by atoms with Crippen LogP contribution >= 0.6 is 11.6 Å².